The maximum absolute atomic E-state index is 12.5. The average molecular weight is 292 g/mol. The van der Waals surface area contributed by atoms with E-state index >= 15 is 0 Å². The zero-order valence-corrected chi connectivity index (χ0v) is 13.3. The van der Waals surface area contributed by atoms with Gasteiger partial charge in [-0.3, -0.25) is 4.79 Å². The molecule has 3 aromatic rings. The van der Waals surface area contributed by atoms with Crippen molar-refractivity contribution in [2.24, 2.45) is 0 Å². The van der Waals surface area contributed by atoms with Crippen LogP contribution in [0, 0.1) is 6.92 Å². The minimum Gasteiger partial charge on any atom is -0.309 e. The maximum atomic E-state index is 12.5. The second-order valence-corrected chi connectivity index (χ2v) is 5.98. The Morgan fingerprint density at radius 2 is 1.91 bits per heavy atom. The van der Waals surface area contributed by atoms with E-state index < -0.39 is 0 Å². The largest absolute Gasteiger partial charge is 0.309 e. The molecule has 0 aliphatic heterocycles. The van der Waals surface area contributed by atoms with Crippen molar-refractivity contribution in [3.63, 3.8) is 0 Å². The lowest BCUT2D eigenvalue weighted by Gasteiger charge is -2.11. The van der Waals surface area contributed by atoms with E-state index in [4.69, 9.17) is 4.98 Å². The molecule has 0 fully saturated rings. The molecule has 112 valence electrons. The molecule has 1 heterocycles. The third kappa shape index (κ3) is 2.72. The molecular weight excluding hydrogens is 272 g/mol. The van der Waals surface area contributed by atoms with Gasteiger partial charge in [-0.05, 0) is 44.8 Å². The number of ketones is 1. The quantitative estimate of drug-likeness (QED) is 0.541. The van der Waals surface area contributed by atoms with Gasteiger partial charge in [0, 0.05) is 29.3 Å². The summed E-state index contributed by atoms with van der Waals surface area (Å²) in [6.45, 7) is 2.81. The van der Waals surface area contributed by atoms with Crippen LogP contribution in [0.3, 0.4) is 0 Å². The van der Waals surface area contributed by atoms with Gasteiger partial charge in [0.2, 0.25) is 0 Å². The number of carbonyl (C=O) groups excluding carboxylic acids is 1. The Hall–Kier alpha value is -2.26. The van der Waals surface area contributed by atoms with Crippen LogP contribution in [0.1, 0.15) is 22.3 Å². The van der Waals surface area contributed by atoms with Crippen LogP contribution in [0.15, 0.2) is 42.5 Å². The van der Waals surface area contributed by atoms with Gasteiger partial charge in [-0.1, -0.05) is 24.3 Å². The Labute approximate surface area is 130 Å². The van der Waals surface area contributed by atoms with Crippen molar-refractivity contribution in [3.8, 4) is 0 Å². The van der Waals surface area contributed by atoms with Gasteiger partial charge in [0.1, 0.15) is 0 Å². The topological polar surface area (TPSA) is 33.2 Å². The highest BCUT2D eigenvalue weighted by molar-refractivity contribution is 6.09. The fraction of sp³-hybridized carbons (Fsp3) is 0.263. The van der Waals surface area contributed by atoms with Crippen molar-refractivity contribution in [1.82, 2.24) is 9.88 Å². The molecule has 0 bridgehead atoms. The lowest BCUT2D eigenvalue weighted by atomic mass is 9.99. The first kappa shape index (κ1) is 14.7. The Morgan fingerprint density at radius 1 is 1.14 bits per heavy atom. The van der Waals surface area contributed by atoms with Crippen LogP contribution in [0.2, 0.25) is 0 Å². The van der Waals surface area contributed by atoms with Crippen molar-refractivity contribution in [1.29, 1.82) is 0 Å². The number of hydrogen-bond acceptors (Lipinski definition) is 3. The molecule has 0 amide bonds. The molecule has 0 unspecified atom stereocenters. The van der Waals surface area contributed by atoms with E-state index in [2.05, 4.69) is 19.1 Å². The van der Waals surface area contributed by atoms with Crippen LogP contribution >= 0.6 is 0 Å². The molecule has 2 aromatic carbocycles. The molecule has 0 atom stereocenters. The molecule has 0 saturated heterocycles. The number of rotatable bonds is 4. The van der Waals surface area contributed by atoms with Crippen LogP contribution < -0.4 is 0 Å². The lowest BCUT2D eigenvalue weighted by Crippen LogP contribution is -2.17. The van der Waals surface area contributed by atoms with E-state index in [0.29, 0.717) is 6.42 Å². The third-order valence-corrected chi connectivity index (χ3v) is 3.99. The molecule has 3 nitrogen and oxygen atoms in total. The molecule has 0 saturated carbocycles. The van der Waals surface area contributed by atoms with Gasteiger partial charge in [0.25, 0.3) is 0 Å². The number of carbonyl (C=O) groups is 1. The number of fused-ring (bicyclic) bond motifs is 2. The SMILES string of the molecule is Cc1ccc(C(=O)CCN(C)C)c2nc3ccccc3cc12. The molecule has 1 aromatic heterocycles. The standard InChI is InChI=1S/C19H20N2O/c1-13-8-9-15(18(22)10-11-21(2)3)19-16(13)12-14-6-4-5-7-17(14)20-19/h4-9,12H,10-11H2,1-3H3. The molecule has 0 radical (unpaired) electrons. The second-order valence-electron chi connectivity index (χ2n) is 5.98. The summed E-state index contributed by atoms with van der Waals surface area (Å²) in [5.74, 6) is 0.154. The van der Waals surface area contributed by atoms with Gasteiger partial charge < -0.3 is 4.90 Å². The Balaban J connectivity index is 2.16. The smallest absolute Gasteiger partial charge is 0.166 e. The summed E-state index contributed by atoms with van der Waals surface area (Å²) in [7, 11) is 3.96. The Kier molecular flexibility index (Phi) is 3.90. The predicted octanol–water partition coefficient (Wildman–Crippen LogP) is 3.83. The molecule has 0 aliphatic rings. The molecule has 0 spiro atoms. The fourth-order valence-corrected chi connectivity index (χ4v) is 2.68. The monoisotopic (exact) mass is 292 g/mol. The van der Waals surface area contributed by atoms with Crippen molar-refractivity contribution in [2.75, 3.05) is 20.6 Å². The summed E-state index contributed by atoms with van der Waals surface area (Å²) < 4.78 is 0. The number of nitrogens with zero attached hydrogens (tertiary/aromatic N) is 2. The van der Waals surface area contributed by atoms with Crippen LogP contribution in [-0.4, -0.2) is 36.3 Å². The predicted molar refractivity (Wildman–Crippen MR) is 91.5 cm³/mol. The van der Waals surface area contributed by atoms with E-state index in [1.54, 1.807) is 0 Å². The van der Waals surface area contributed by atoms with E-state index in [9.17, 15) is 4.79 Å². The summed E-state index contributed by atoms with van der Waals surface area (Å²) in [5, 5.41) is 2.17. The number of aromatic nitrogens is 1. The molecule has 0 aliphatic carbocycles. The minimum absolute atomic E-state index is 0.154. The molecule has 22 heavy (non-hydrogen) atoms. The normalized spacial score (nSPS) is 11.5. The zero-order valence-electron chi connectivity index (χ0n) is 13.3. The van der Waals surface area contributed by atoms with Crippen LogP contribution in [0.25, 0.3) is 21.8 Å². The third-order valence-electron chi connectivity index (χ3n) is 3.99. The first-order chi connectivity index (χ1) is 10.6. The van der Waals surface area contributed by atoms with Crippen molar-refractivity contribution in [3.05, 3.63) is 53.6 Å². The van der Waals surface area contributed by atoms with Gasteiger partial charge in [-0.15, -0.1) is 0 Å². The summed E-state index contributed by atoms with van der Waals surface area (Å²) in [4.78, 5) is 19.3. The Morgan fingerprint density at radius 3 is 2.68 bits per heavy atom. The van der Waals surface area contributed by atoms with Crippen LogP contribution in [0.5, 0.6) is 0 Å². The molecule has 0 N–H and O–H groups in total. The van der Waals surface area contributed by atoms with E-state index in [0.717, 1.165) is 39.5 Å². The summed E-state index contributed by atoms with van der Waals surface area (Å²) in [5.41, 5.74) is 3.63. The minimum atomic E-state index is 0.154. The molecular formula is C19H20N2O. The van der Waals surface area contributed by atoms with Crippen LogP contribution in [0.4, 0.5) is 0 Å². The number of hydrogen-bond donors (Lipinski definition) is 0. The number of benzene rings is 2. The van der Waals surface area contributed by atoms with Crippen molar-refractivity contribution in [2.45, 2.75) is 13.3 Å². The van der Waals surface area contributed by atoms with E-state index in [1.807, 2.05) is 49.3 Å². The van der Waals surface area contributed by atoms with Gasteiger partial charge in [0.15, 0.2) is 5.78 Å². The summed E-state index contributed by atoms with van der Waals surface area (Å²) in [6, 6.07) is 14.1. The number of pyridine rings is 1. The van der Waals surface area contributed by atoms with Crippen molar-refractivity contribution >= 4 is 27.6 Å². The van der Waals surface area contributed by atoms with Crippen molar-refractivity contribution < 1.29 is 4.79 Å². The van der Waals surface area contributed by atoms with E-state index in [-0.39, 0.29) is 5.78 Å². The first-order valence-corrected chi connectivity index (χ1v) is 7.53. The van der Waals surface area contributed by atoms with Gasteiger partial charge in [0.05, 0.1) is 11.0 Å². The number of Topliss-reactive ketones (excluding diaryl/α,β-unsaturated/α-hetero) is 1. The Bertz CT molecular complexity index is 853. The highest BCUT2D eigenvalue weighted by Gasteiger charge is 2.13. The molecule has 3 rings (SSSR count). The fourth-order valence-electron chi connectivity index (χ4n) is 2.68. The number of aryl methyl sites for hydroxylation is 1. The summed E-state index contributed by atoms with van der Waals surface area (Å²) in [6.07, 6.45) is 0.514. The maximum Gasteiger partial charge on any atom is 0.166 e. The second kappa shape index (κ2) is 5.85. The lowest BCUT2D eigenvalue weighted by molar-refractivity contribution is 0.0974. The van der Waals surface area contributed by atoms with E-state index in [1.165, 1.54) is 0 Å². The highest BCUT2D eigenvalue weighted by atomic mass is 16.1. The first-order valence-electron chi connectivity index (χ1n) is 7.53. The zero-order chi connectivity index (χ0) is 15.7. The van der Waals surface area contributed by atoms with Crippen LogP contribution in [-0.2, 0) is 0 Å². The number of para-hydroxylation sites is 1. The van der Waals surface area contributed by atoms with Gasteiger partial charge >= 0.3 is 0 Å². The van der Waals surface area contributed by atoms with Gasteiger partial charge in [-0.2, -0.15) is 0 Å². The average Bonchev–Trinajstić information content (AvgIpc) is 2.51. The van der Waals surface area contributed by atoms with Gasteiger partial charge in [-0.25, -0.2) is 4.98 Å². The molecule has 3 heteroatoms. The highest BCUT2D eigenvalue weighted by Crippen LogP contribution is 2.26. The summed E-state index contributed by atoms with van der Waals surface area (Å²) >= 11 is 0.